The number of carbonyl (C=O) groups is 1. The van der Waals surface area contributed by atoms with Crippen LogP contribution in [-0.2, 0) is 6.54 Å². The van der Waals surface area contributed by atoms with Gasteiger partial charge in [0.2, 0.25) is 0 Å². The van der Waals surface area contributed by atoms with Crippen molar-refractivity contribution in [2.24, 2.45) is 5.73 Å². The zero-order chi connectivity index (χ0) is 12.1. The molecule has 1 amide bonds. The number of nitrogens with one attached hydrogen (secondary N) is 1. The summed E-state index contributed by atoms with van der Waals surface area (Å²) in [5.41, 5.74) is 6.84. The maximum Gasteiger partial charge on any atom is 0.258 e. The highest BCUT2D eigenvalue weighted by atomic mass is 16.1. The van der Waals surface area contributed by atoms with Gasteiger partial charge in [0.1, 0.15) is 5.82 Å². The van der Waals surface area contributed by atoms with Crippen molar-refractivity contribution in [3.8, 4) is 0 Å². The summed E-state index contributed by atoms with van der Waals surface area (Å²) >= 11 is 0. The molecule has 0 aliphatic rings. The molecule has 0 radical (unpaired) electrons. The van der Waals surface area contributed by atoms with Gasteiger partial charge in [0, 0.05) is 30.7 Å². The highest BCUT2D eigenvalue weighted by Gasteiger charge is 2.08. The largest absolute Gasteiger partial charge is 0.326 e. The molecule has 0 aliphatic carbocycles. The summed E-state index contributed by atoms with van der Waals surface area (Å²) in [7, 11) is 0. The minimum Gasteiger partial charge on any atom is -0.326 e. The topological polar surface area (TPSA) is 80.9 Å². The van der Waals surface area contributed by atoms with E-state index in [-0.39, 0.29) is 5.91 Å². The predicted octanol–water partition coefficient (Wildman–Crippen LogP) is 1.19. The molecule has 0 aromatic carbocycles. The normalized spacial score (nSPS) is 9.94. The first kappa shape index (κ1) is 11.2. The van der Waals surface area contributed by atoms with Crippen LogP contribution in [0.25, 0.3) is 0 Å². The number of hydrogen-bond acceptors (Lipinski definition) is 4. The standard InChI is InChI=1S/C12H12N4O/c13-7-9-3-2-6-15-11(9)16-12(17)10-4-1-5-14-8-10/h1-6,8H,7,13H2,(H,15,16,17). The summed E-state index contributed by atoms with van der Waals surface area (Å²) < 4.78 is 0. The lowest BCUT2D eigenvalue weighted by molar-refractivity contribution is 0.102. The van der Waals surface area contributed by atoms with Gasteiger partial charge in [-0.25, -0.2) is 4.98 Å². The molecule has 2 rings (SSSR count). The van der Waals surface area contributed by atoms with Crippen LogP contribution in [0.4, 0.5) is 5.82 Å². The van der Waals surface area contributed by atoms with E-state index in [0.717, 1.165) is 5.56 Å². The molecular formula is C12H12N4O. The number of anilines is 1. The summed E-state index contributed by atoms with van der Waals surface area (Å²) in [6.07, 6.45) is 4.72. The van der Waals surface area contributed by atoms with Crippen molar-refractivity contribution in [3.05, 3.63) is 54.0 Å². The fraction of sp³-hybridized carbons (Fsp3) is 0.0833. The second-order valence-corrected chi connectivity index (χ2v) is 3.41. The van der Waals surface area contributed by atoms with E-state index in [9.17, 15) is 4.79 Å². The van der Waals surface area contributed by atoms with Gasteiger partial charge in [-0.05, 0) is 18.2 Å². The molecule has 0 fully saturated rings. The van der Waals surface area contributed by atoms with Gasteiger partial charge < -0.3 is 11.1 Å². The van der Waals surface area contributed by atoms with Gasteiger partial charge in [0.15, 0.2) is 0 Å². The van der Waals surface area contributed by atoms with Gasteiger partial charge in [0.25, 0.3) is 5.91 Å². The Morgan fingerprint density at radius 1 is 1.29 bits per heavy atom. The number of hydrogen-bond donors (Lipinski definition) is 2. The summed E-state index contributed by atoms with van der Waals surface area (Å²) in [6.45, 7) is 0.330. The van der Waals surface area contributed by atoms with Crippen LogP contribution in [0.1, 0.15) is 15.9 Å². The molecule has 5 nitrogen and oxygen atoms in total. The lowest BCUT2D eigenvalue weighted by Crippen LogP contribution is -2.15. The number of rotatable bonds is 3. The highest BCUT2D eigenvalue weighted by molar-refractivity contribution is 6.03. The average Bonchev–Trinajstić information content (AvgIpc) is 2.40. The monoisotopic (exact) mass is 228 g/mol. The predicted molar refractivity (Wildman–Crippen MR) is 64.3 cm³/mol. The Morgan fingerprint density at radius 2 is 2.12 bits per heavy atom. The smallest absolute Gasteiger partial charge is 0.258 e. The van der Waals surface area contributed by atoms with Crippen molar-refractivity contribution in [1.29, 1.82) is 0 Å². The maximum atomic E-state index is 11.9. The Kier molecular flexibility index (Phi) is 3.42. The quantitative estimate of drug-likeness (QED) is 0.826. The van der Waals surface area contributed by atoms with Crippen molar-refractivity contribution < 1.29 is 4.79 Å². The Morgan fingerprint density at radius 3 is 2.82 bits per heavy atom. The van der Waals surface area contributed by atoms with Crippen LogP contribution in [0, 0.1) is 0 Å². The molecule has 0 saturated carbocycles. The number of nitrogens with zero attached hydrogens (tertiary/aromatic N) is 2. The van der Waals surface area contributed by atoms with E-state index in [1.807, 2.05) is 6.07 Å². The number of carbonyl (C=O) groups excluding carboxylic acids is 1. The van der Waals surface area contributed by atoms with Crippen LogP contribution in [0.5, 0.6) is 0 Å². The van der Waals surface area contributed by atoms with Crippen molar-refractivity contribution in [1.82, 2.24) is 9.97 Å². The average molecular weight is 228 g/mol. The number of amides is 1. The number of pyridine rings is 2. The fourth-order valence-electron chi connectivity index (χ4n) is 1.39. The zero-order valence-electron chi connectivity index (χ0n) is 9.13. The van der Waals surface area contributed by atoms with Crippen LogP contribution in [0.3, 0.4) is 0 Å². The maximum absolute atomic E-state index is 11.9. The van der Waals surface area contributed by atoms with E-state index in [2.05, 4.69) is 15.3 Å². The van der Waals surface area contributed by atoms with E-state index in [1.165, 1.54) is 6.20 Å². The lowest BCUT2D eigenvalue weighted by atomic mass is 10.2. The Hall–Kier alpha value is -2.27. The second-order valence-electron chi connectivity index (χ2n) is 3.41. The van der Waals surface area contributed by atoms with Gasteiger partial charge in [0.05, 0.1) is 5.56 Å². The van der Waals surface area contributed by atoms with E-state index >= 15 is 0 Å². The molecule has 0 spiro atoms. The van der Waals surface area contributed by atoms with Gasteiger partial charge in [-0.3, -0.25) is 9.78 Å². The fourth-order valence-corrected chi connectivity index (χ4v) is 1.39. The summed E-state index contributed by atoms with van der Waals surface area (Å²) in [4.78, 5) is 19.8. The summed E-state index contributed by atoms with van der Waals surface area (Å²) in [5.74, 6) is 0.246. The molecule has 17 heavy (non-hydrogen) atoms. The molecule has 0 atom stereocenters. The van der Waals surface area contributed by atoms with Crippen LogP contribution in [0.15, 0.2) is 42.9 Å². The van der Waals surface area contributed by atoms with Gasteiger partial charge >= 0.3 is 0 Å². The van der Waals surface area contributed by atoms with E-state index < -0.39 is 0 Å². The molecule has 0 aliphatic heterocycles. The van der Waals surface area contributed by atoms with Gasteiger partial charge in [-0.2, -0.15) is 0 Å². The zero-order valence-corrected chi connectivity index (χ0v) is 9.13. The number of aromatic nitrogens is 2. The molecular weight excluding hydrogens is 216 g/mol. The molecule has 0 bridgehead atoms. The second kappa shape index (κ2) is 5.18. The summed E-state index contributed by atoms with van der Waals surface area (Å²) in [5, 5.41) is 2.71. The van der Waals surface area contributed by atoms with Crippen LogP contribution in [-0.4, -0.2) is 15.9 Å². The third-order valence-corrected chi connectivity index (χ3v) is 2.27. The first-order chi connectivity index (χ1) is 8.31. The molecule has 2 heterocycles. The molecule has 86 valence electrons. The van der Waals surface area contributed by atoms with Crippen LogP contribution < -0.4 is 11.1 Å². The van der Waals surface area contributed by atoms with Crippen molar-refractivity contribution in [3.63, 3.8) is 0 Å². The lowest BCUT2D eigenvalue weighted by Gasteiger charge is -2.07. The van der Waals surface area contributed by atoms with E-state index in [1.54, 1.807) is 30.6 Å². The Labute approximate surface area is 98.7 Å². The van der Waals surface area contributed by atoms with E-state index in [0.29, 0.717) is 17.9 Å². The summed E-state index contributed by atoms with van der Waals surface area (Å²) in [6, 6.07) is 7.00. The SMILES string of the molecule is NCc1cccnc1NC(=O)c1cccnc1. The molecule has 3 N–H and O–H groups in total. The van der Waals surface area contributed by atoms with Crippen molar-refractivity contribution in [2.45, 2.75) is 6.54 Å². The van der Waals surface area contributed by atoms with Crippen LogP contribution in [0.2, 0.25) is 0 Å². The molecule has 5 heteroatoms. The highest BCUT2D eigenvalue weighted by Crippen LogP contribution is 2.11. The third-order valence-electron chi connectivity index (χ3n) is 2.27. The van der Waals surface area contributed by atoms with E-state index in [4.69, 9.17) is 5.73 Å². The Balaban J connectivity index is 2.19. The first-order valence-corrected chi connectivity index (χ1v) is 5.16. The molecule has 2 aromatic rings. The minimum atomic E-state index is -0.244. The first-order valence-electron chi connectivity index (χ1n) is 5.16. The molecule has 2 aromatic heterocycles. The third kappa shape index (κ3) is 2.64. The number of nitrogens with two attached hydrogens (primary N) is 1. The van der Waals surface area contributed by atoms with Gasteiger partial charge in [-0.15, -0.1) is 0 Å². The van der Waals surface area contributed by atoms with Crippen molar-refractivity contribution >= 4 is 11.7 Å². The molecule has 0 saturated heterocycles. The van der Waals surface area contributed by atoms with Crippen molar-refractivity contribution in [2.75, 3.05) is 5.32 Å². The van der Waals surface area contributed by atoms with Crippen LogP contribution >= 0.6 is 0 Å². The van der Waals surface area contributed by atoms with Gasteiger partial charge in [-0.1, -0.05) is 6.07 Å². The Bertz CT molecular complexity index is 513. The molecule has 0 unspecified atom stereocenters. The minimum absolute atomic E-state index is 0.244.